The van der Waals surface area contributed by atoms with Gasteiger partial charge in [0.2, 0.25) is 0 Å². The number of hydrogen-bond donors (Lipinski definition) is 0. The average molecular weight is 201 g/mol. The first-order chi connectivity index (χ1) is 7.27. The number of aromatic nitrogens is 3. The summed E-state index contributed by atoms with van der Waals surface area (Å²) in [7, 11) is 0. The van der Waals surface area contributed by atoms with Crippen molar-refractivity contribution < 1.29 is 0 Å². The number of hydrogen-bond acceptors (Lipinski definition) is 2. The Morgan fingerprint density at radius 2 is 2.07 bits per heavy atom. The first-order valence-corrected chi connectivity index (χ1v) is 5.18. The Labute approximate surface area is 89.8 Å². The SMILES string of the molecule is CC(C)c1nccn1Cc1ccccn1. The van der Waals surface area contributed by atoms with Gasteiger partial charge >= 0.3 is 0 Å². The minimum atomic E-state index is 0.448. The smallest absolute Gasteiger partial charge is 0.111 e. The molecule has 3 heteroatoms. The minimum absolute atomic E-state index is 0.448. The summed E-state index contributed by atoms with van der Waals surface area (Å²) in [6.07, 6.45) is 5.67. The highest BCUT2D eigenvalue weighted by Gasteiger charge is 2.07. The zero-order valence-electron chi connectivity index (χ0n) is 9.09. The van der Waals surface area contributed by atoms with Crippen LogP contribution in [0.1, 0.15) is 31.3 Å². The predicted molar refractivity (Wildman–Crippen MR) is 59.7 cm³/mol. The molecule has 0 bridgehead atoms. The van der Waals surface area contributed by atoms with Crippen LogP contribution in [-0.4, -0.2) is 14.5 Å². The highest BCUT2D eigenvalue weighted by Crippen LogP contribution is 2.12. The van der Waals surface area contributed by atoms with Crippen molar-refractivity contribution in [2.75, 3.05) is 0 Å². The largest absolute Gasteiger partial charge is 0.329 e. The average Bonchev–Trinajstić information content (AvgIpc) is 2.67. The normalized spacial score (nSPS) is 10.9. The Kier molecular flexibility index (Phi) is 2.81. The van der Waals surface area contributed by atoms with Crippen molar-refractivity contribution >= 4 is 0 Å². The van der Waals surface area contributed by atoms with Crippen molar-refractivity contribution in [3.63, 3.8) is 0 Å². The summed E-state index contributed by atoms with van der Waals surface area (Å²) in [6.45, 7) is 5.10. The lowest BCUT2D eigenvalue weighted by Crippen LogP contribution is -2.06. The summed E-state index contributed by atoms with van der Waals surface area (Å²) in [5.41, 5.74) is 1.07. The summed E-state index contributed by atoms with van der Waals surface area (Å²) < 4.78 is 2.15. The van der Waals surface area contributed by atoms with E-state index in [-0.39, 0.29) is 0 Å². The van der Waals surface area contributed by atoms with Crippen LogP contribution in [-0.2, 0) is 6.54 Å². The molecule has 0 atom stereocenters. The number of pyridine rings is 1. The van der Waals surface area contributed by atoms with E-state index in [1.165, 1.54) is 0 Å². The highest BCUT2D eigenvalue weighted by atomic mass is 15.1. The quantitative estimate of drug-likeness (QED) is 0.763. The monoisotopic (exact) mass is 201 g/mol. The third kappa shape index (κ3) is 2.24. The fourth-order valence-electron chi connectivity index (χ4n) is 1.62. The zero-order valence-corrected chi connectivity index (χ0v) is 9.09. The van der Waals surface area contributed by atoms with Gasteiger partial charge in [-0.25, -0.2) is 4.98 Å². The molecular formula is C12H15N3. The molecule has 0 aliphatic heterocycles. The summed E-state index contributed by atoms with van der Waals surface area (Å²) in [6, 6.07) is 5.97. The molecule has 15 heavy (non-hydrogen) atoms. The zero-order chi connectivity index (χ0) is 10.7. The molecule has 0 unspecified atom stereocenters. The van der Waals surface area contributed by atoms with Crippen LogP contribution in [0.2, 0.25) is 0 Å². The van der Waals surface area contributed by atoms with E-state index in [1.807, 2.05) is 36.8 Å². The highest BCUT2D eigenvalue weighted by molar-refractivity contribution is 5.07. The van der Waals surface area contributed by atoms with Gasteiger partial charge in [0.1, 0.15) is 5.82 Å². The van der Waals surface area contributed by atoms with Gasteiger partial charge in [-0.3, -0.25) is 4.98 Å². The van der Waals surface area contributed by atoms with Crippen molar-refractivity contribution in [1.82, 2.24) is 14.5 Å². The van der Waals surface area contributed by atoms with Crippen molar-refractivity contribution in [2.45, 2.75) is 26.3 Å². The first kappa shape index (κ1) is 9.90. The van der Waals surface area contributed by atoms with Gasteiger partial charge in [-0.15, -0.1) is 0 Å². The molecule has 0 amide bonds. The van der Waals surface area contributed by atoms with Gasteiger partial charge in [0.25, 0.3) is 0 Å². The van der Waals surface area contributed by atoms with Crippen LogP contribution < -0.4 is 0 Å². The van der Waals surface area contributed by atoms with Crippen LogP contribution in [0.15, 0.2) is 36.8 Å². The van der Waals surface area contributed by atoms with Gasteiger partial charge in [-0.1, -0.05) is 19.9 Å². The Morgan fingerprint density at radius 3 is 2.73 bits per heavy atom. The molecule has 2 heterocycles. The van der Waals surface area contributed by atoms with Crippen LogP contribution in [0, 0.1) is 0 Å². The summed E-state index contributed by atoms with van der Waals surface area (Å²) >= 11 is 0. The van der Waals surface area contributed by atoms with E-state index in [9.17, 15) is 0 Å². The maximum atomic E-state index is 4.35. The Balaban J connectivity index is 2.21. The standard InChI is InChI=1S/C12H15N3/c1-10(2)12-14-7-8-15(12)9-11-5-3-4-6-13-11/h3-8,10H,9H2,1-2H3. The second kappa shape index (κ2) is 4.26. The Bertz CT molecular complexity index is 417. The lowest BCUT2D eigenvalue weighted by molar-refractivity contribution is 0.661. The summed E-state index contributed by atoms with van der Waals surface area (Å²) in [5, 5.41) is 0. The molecule has 0 N–H and O–H groups in total. The van der Waals surface area contributed by atoms with Crippen molar-refractivity contribution in [1.29, 1.82) is 0 Å². The molecule has 3 nitrogen and oxygen atoms in total. The molecule has 0 fully saturated rings. The van der Waals surface area contributed by atoms with E-state index in [1.54, 1.807) is 0 Å². The van der Waals surface area contributed by atoms with Crippen molar-refractivity contribution in [3.8, 4) is 0 Å². The van der Waals surface area contributed by atoms with Gasteiger partial charge in [-0.05, 0) is 12.1 Å². The fraction of sp³-hybridized carbons (Fsp3) is 0.333. The molecule has 0 radical (unpaired) electrons. The summed E-state index contributed by atoms with van der Waals surface area (Å²) in [4.78, 5) is 8.65. The Morgan fingerprint density at radius 1 is 1.20 bits per heavy atom. The van der Waals surface area contributed by atoms with Crippen molar-refractivity contribution in [2.24, 2.45) is 0 Å². The minimum Gasteiger partial charge on any atom is -0.329 e. The van der Waals surface area contributed by atoms with E-state index in [0.29, 0.717) is 5.92 Å². The number of nitrogens with zero attached hydrogens (tertiary/aromatic N) is 3. The molecule has 2 aromatic rings. The first-order valence-electron chi connectivity index (χ1n) is 5.18. The van der Waals surface area contributed by atoms with Gasteiger partial charge < -0.3 is 4.57 Å². The summed E-state index contributed by atoms with van der Waals surface area (Å²) in [5.74, 6) is 1.56. The third-order valence-electron chi connectivity index (χ3n) is 2.32. The van der Waals surface area contributed by atoms with Gasteiger partial charge in [0.15, 0.2) is 0 Å². The molecule has 0 aliphatic rings. The molecule has 0 spiro atoms. The third-order valence-corrected chi connectivity index (χ3v) is 2.32. The van der Waals surface area contributed by atoms with Gasteiger partial charge in [-0.2, -0.15) is 0 Å². The van der Waals surface area contributed by atoms with Gasteiger partial charge in [0, 0.05) is 24.5 Å². The number of rotatable bonds is 3. The second-order valence-corrected chi connectivity index (χ2v) is 3.89. The van der Waals surface area contributed by atoms with Crippen LogP contribution >= 0.6 is 0 Å². The van der Waals surface area contributed by atoms with E-state index in [2.05, 4.69) is 28.4 Å². The molecule has 0 saturated heterocycles. The lowest BCUT2D eigenvalue weighted by atomic mass is 10.2. The van der Waals surface area contributed by atoms with E-state index in [0.717, 1.165) is 18.1 Å². The molecule has 78 valence electrons. The van der Waals surface area contributed by atoms with Crippen LogP contribution in [0.3, 0.4) is 0 Å². The second-order valence-electron chi connectivity index (χ2n) is 3.89. The maximum Gasteiger partial charge on any atom is 0.111 e. The molecule has 0 aromatic carbocycles. The lowest BCUT2D eigenvalue weighted by Gasteiger charge is -2.09. The maximum absolute atomic E-state index is 4.35. The molecule has 2 aromatic heterocycles. The predicted octanol–water partition coefficient (Wildman–Crippen LogP) is 2.45. The van der Waals surface area contributed by atoms with Gasteiger partial charge in [0.05, 0.1) is 12.2 Å². The van der Waals surface area contributed by atoms with E-state index >= 15 is 0 Å². The fourth-order valence-corrected chi connectivity index (χ4v) is 1.62. The van der Waals surface area contributed by atoms with Crippen LogP contribution in [0.4, 0.5) is 0 Å². The van der Waals surface area contributed by atoms with Crippen LogP contribution in [0.5, 0.6) is 0 Å². The molecular weight excluding hydrogens is 186 g/mol. The molecule has 0 saturated carbocycles. The van der Waals surface area contributed by atoms with E-state index in [4.69, 9.17) is 0 Å². The molecule has 2 rings (SSSR count). The topological polar surface area (TPSA) is 30.7 Å². The van der Waals surface area contributed by atoms with Crippen LogP contribution in [0.25, 0.3) is 0 Å². The Hall–Kier alpha value is -1.64. The van der Waals surface area contributed by atoms with E-state index < -0.39 is 0 Å². The van der Waals surface area contributed by atoms with Crippen molar-refractivity contribution in [3.05, 3.63) is 48.3 Å². The number of imidazole rings is 1. The molecule has 0 aliphatic carbocycles.